The maximum Gasteiger partial charge on any atom is 0.219 e. The molecule has 0 aromatic carbocycles. The highest BCUT2D eigenvalue weighted by Crippen LogP contribution is 2.50. The van der Waals surface area contributed by atoms with E-state index >= 15 is 0 Å². The largest absolute Gasteiger partial charge is 0.384 e. The predicted molar refractivity (Wildman–Crippen MR) is 139 cm³/mol. The number of aryl methyl sites for hydroxylation is 1. The minimum absolute atomic E-state index is 0.101. The van der Waals surface area contributed by atoms with Crippen LogP contribution >= 0.6 is 46.2 Å². The fourth-order valence-electron chi connectivity index (χ4n) is 4.22. The maximum atomic E-state index is 13.4. The van der Waals surface area contributed by atoms with Gasteiger partial charge in [-0.2, -0.15) is 5.26 Å². The SMILES string of the molecule is CCSc1sc(CC)cc1[C@H]1C(C#N)=C(N)N(c2nnc(SC(C)C)s2)C2=C1C(=O)CCC2. The number of hydrogen-bond acceptors (Lipinski definition) is 10. The molecule has 2 aromatic rings. The zero-order chi connectivity index (χ0) is 23.7. The fourth-order valence-corrected chi connectivity index (χ4v) is 8.70. The number of carbonyl (C=O) groups excluding carboxylic acids is 1. The lowest BCUT2D eigenvalue weighted by atomic mass is 9.76. The standard InChI is InChI=1S/C23H27N5OS4/c1-5-13-10-14(21(32-13)30-6-2)18-15(11-24)20(25)28(16-8-7-9-17(29)19(16)18)22-26-27-23(33-22)31-12(3)4/h10,12,18H,5-9,25H2,1-4H3/t18-/m0/s1. The van der Waals surface area contributed by atoms with Crippen LogP contribution in [-0.2, 0) is 11.2 Å². The van der Waals surface area contributed by atoms with Gasteiger partial charge in [0.1, 0.15) is 5.82 Å². The summed E-state index contributed by atoms with van der Waals surface area (Å²) in [6.45, 7) is 8.47. The number of aromatic nitrogens is 2. The molecule has 1 aliphatic carbocycles. The first-order valence-corrected chi connectivity index (χ1v) is 14.6. The van der Waals surface area contributed by atoms with Crippen LogP contribution in [0.5, 0.6) is 0 Å². The second kappa shape index (κ2) is 10.2. The number of carbonyl (C=O) groups is 1. The quantitative estimate of drug-likeness (QED) is 0.442. The molecular formula is C23H27N5OS4. The number of ketones is 1. The Morgan fingerprint density at radius 1 is 1.30 bits per heavy atom. The Bertz CT molecular complexity index is 1170. The number of nitriles is 1. The molecule has 174 valence electrons. The number of nitrogens with two attached hydrogens (primary N) is 1. The molecule has 10 heteroatoms. The van der Waals surface area contributed by atoms with E-state index in [9.17, 15) is 10.1 Å². The molecule has 0 bridgehead atoms. The van der Waals surface area contributed by atoms with Gasteiger partial charge in [-0.05, 0) is 36.6 Å². The summed E-state index contributed by atoms with van der Waals surface area (Å²) in [7, 11) is 0. The summed E-state index contributed by atoms with van der Waals surface area (Å²) in [6.07, 6.45) is 2.91. The summed E-state index contributed by atoms with van der Waals surface area (Å²) in [5, 5.41) is 20.0. The molecule has 0 unspecified atom stereocenters. The molecule has 2 N–H and O–H groups in total. The van der Waals surface area contributed by atoms with Crippen molar-refractivity contribution in [1.82, 2.24) is 10.2 Å². The molecule has 1 atom stereocenters. The number of thiophene rings is 1. The second-order valence-electron chi connectivity index (χ2n) is 8.08. The van der Waals surface area contributed by atoms with Crippen LogP contribution in [0.3, 0.4) is 0 Å². The summed E-state index contributed by atoms with van der Waals surface area (Å²) >= 11 is 6.62. The first-order chi connectivity index (χ1) is 15.9. The highest BCUT2D eigenvalue weighted by Gasteiger charge is 2.42. The molecule has 0 spiro atoms. The molecule has 0 fully saturated rings. The topological polar surface area (TPSA) is 95.9 Å². The second-order valence-corrected chi connectivity index (χ2v) is 13.5. The van der Waals surface area contributed by atoms with Crippen LogP contribution < -0.4 is 10.6 Å². The van der Waals surface area contributed by atoms with Gasteiger partial charge in [-0.25, -0.2) is 0 Å². The first kappa shape index (κ1) is 24.3. The third kappa shape index (κ3) is 4.61. The number of allylic oxidation sites excluding steroid dienone is 3. The van der Waals surface area contributed by atoms with Crippen LogP contribution in [0.2, 0.25) is 0 Å². The van der Waals surface area contributed by atoms with E-state index in [2.05, 4.69) is 50.0 Å². The fraction of sp³-hybridized carbons (Fsp3) is 0.478. The van der Waals surface area contributed by atoms with E-state index in [4.69, 9.17) is 5.73 Å². The summed E-state index contributed by atoms with van der Waals surface area (Å²) in [5.74, 6) is 0.976. The van der Waals surface area contributed by atoms with Crippen molar-refractivity contribution in [2.75, 3.05) is 10.7 Å². The number of anilines is 1. The van der Waals surface area contributed by atoms with Crippen molar-refractivity contribution in [3.63, 3.8) is 0 Å². The number of rotatable bonds is 7. The molecule has 0 saturated carbocycles. The minimum Gasteiger partial charge on any atom is -0.384 e. The van der Waals surface area contributed by atoms with Gasteiger partial charge in [0, 0.05) is 27.8 Å². The van der Waals surface area contributed by atoms with Crippen molar-refractivity contribution in [1.29, 1.82) is 5.26 Å². The van der Waals surface area contributed by atoms with E-state index in [1.165, 1.54) is 20.4 Å². The Morgan fingerprint density at radius 3 is 2.76 bits per heavy atom. The van der Waals surface area contributed by atoms with Gasteiger partial charge in [-0.3, -0.25) is 9.69 Å². The van der Waals surface area contributed by atoms with Crippen molar-refractivity contribution < 1.29 is 4.79 Å². The molecule has 0 amide bonds. The van der Waals surface area contributed by atoms with E-state index in [0.29, 0.717) is 33.8 Å². The molecule has 1 aliphatic heterocycles. The third-order valence-electron chi connectivity index (χ3n) is 5.55. The first-order valence-electron chi connectivity index (χ1n) is 11.1. The number of thioether (sulfide) groups is 2. The average molecular weight is 518 g/mol. The highest BCUT2D eigenvalue weighted by atomic mass is 32.2. The lowest BCUT2D eigenvalue weighted by Gasteiger charge is -2.38. The Balaban J connectivity index is 1.90. The van der Waals surface area contributed by atoms with Crippen molar-refractivity contribution in [3.8, 4) is 6.07 Å². The van der Waals surface area contributed by atoms with Gasteiger partial charge in [0.15, 0.2) is 10.1 Å². The molecule has 33 heavy (non-hydrogen) atoms. The zero-order valence-corrected chi connectivity index (χ0v) is 22.4. The molecule has 0 radical (unpaired) electrons. The van der Waals surface area contributed by atoms with E-state index in [0.717, 1.165) is 40.6 Å². The van der Waals surface area contributed by atoms with Crippen LogP contribution in [-0.4, -0.2) is 27.0 Å². The van der Waals surface area contributed by atoms with Crippen LogP contribution in [0.4, 0.5) is 5.13 Å². The van der Waals surface area contributed by atoms with Gasteiger partial charge in [0.25, 0.3) is 0 Å². The molecule has 0 saturated heterocycles. The summed E-state index contributed by atoms with van der Waals surface area (Å²) in [5.41, 5.74) is 9.74. The van der Waals surface area contributed by atoms with Crippen LogP contribution in [0.15, 0.2) is 37.3 Å². The van der Waals surface area contributed by atoms with Crippen molar-refractivity contribution in [2.24, 2.45) is 5.73 Å². The molecule has 3 heterocycles. The van der Waals surface area contributed by atoms with Crippen LogP contribution in [0.1, 0.15) is 63.3 Å². The molecular weight excluding hydrogens is 491 g/mol. The smallest absolute Gasteiger partial charge is 0.219 e. The highest BCUT2D eigenvalue weighted by molar-refractivity contribution is 8.01. The van der Waals surface area contributed by atoms with E-state index in [-0.39, 0.29) is 5.78 Å². The number of nitrogens with zero attached hydrogens (tertiary/aromatic N) is 4. The van der Waals surface area contributed by atoms with Crippen molar-refractivity contribution >= 4 is 57.1 Å². The number of Topliss-reactive ketones (excluding diaryl/α,β-unsaturated/α-hetero) is 1. The summed E-state index contributed by atoms with van der Waals surface area (Å²) < 4.78 is 2.02. The average Bonchev–Trinajstić information content (AvgIpc) is 3.39. The molecule has 2 aromatic heterocycles. The van der Waals surface area contributed by atoms with Crippen LogP contribution in [0, 0.1) is 11.3 Å². The summed E-state index contributed by atoms with van der Waals surface area (Å²) in [4.78, 5) is 16.4. The Hall–Kier alpha value is -1.80. The lowest BCUT2D eigenvalue weighted by molar-refractivity contribution is -0.116. The normalized spacial score (nSPS) is 18.8. The summed E-state index contributed by atoms with van der Waals surface area (Å²) in [6, 6.07) is 4.53. The number of hydrogen-bond donors (Lipinski definition) is 1. The minimum atomic E-state index is -0.419. The Kier molecular flexibility index (Phi) is 7.53. The Morgan fingerprint density at radius 2 is 2.09 bits per heavy atom. The maximum absolute atomic E-state index is 13.4. The van der Waals surface area contributed by atoms with Gasteiger partial charge in [-0.15, -0.1) is 33.3 Å². The van der Waals surface area contributed by atoms with Gasteiger partial charge < -0.3 is 5.73 Å². The van der Waals surface area contributed by atoms with Crippen LogP contribution in [0.25, 0.3) is 0 Å². The monoisotopic (exact) mass is 517 g/mol. The lowest BCUT2D eigenvalue weighted by Crippen LogP contribution is -2.38. The van der Waals surface area contributed by atoms with Gasteiger partial charge >= 0.3 is 0 Å². The zero-order valence-electron chi connectivity index (χ0n) is 19.2. The van der Waals surface area contributed by atoms with Gasteiger partial charge in [0.2, 0.25) is 5.13 Å². The Labute approximate surface area is 211 Å². The van der Waals surface area contributed by atoms with Gasteiger partial charge in [-0.1, -0.05) is 50.8 Å². The van der Waals surface area contributed by atoms with Gasteiger partial charge in [0.05, 0.1) is 21.8 Å². The van der Waals surface area contributed by atoms with Crippen molar-refractivity contribution in [3.05, 3.63) is 39.2 Å². The molecule has 6 nitrogen and oxygen atoms in total. The molecule has 2 aliphatic rings. The van der Waals surface area contributed by atoms with E-state index in [1.807, 2.05) is 4.90 Å². The predicted octanol–water partition coefficient (Wildman–Crippen LogP) is 6.08. The third-order valence-corrected chi connectivity index (χ3v) is 10.0. The van der Waals surface area contributed by atoms with Crippen molar-refractivity contribution in [2.45, 2.75) is 73.1 Å². The molecule has 4 rings (SSSR count). The van der Waals surface area contributed by atoms with E-state index < -0.39 is 5.92 Å². The van der Waals surface area contributed by atoms with E-state index in [1.54, 1.807) is 34.9 Å².